The number of pyridine rings is 1. The first-order chi connectivity index (χ1) is 15.1. The Bertz CT molecular complexity index is 1070. The number of aromatic nitrogens is 1. The number of carbonyl (C=O) groups excluding carboxylic acids is 1. The summed E-state index contributed by atoms with van der Waals surface area (Å²) in [5, 5.41) is 12.8. The van der Waals surface area contributed by atoms with E-state index < -0.39 is 0 Å². The van der Waals surface area contributed by atoms with Gasteiger partial charge in [-0.25, -0.2) is 0 Å². The third kappa shape index (κ3) is 4.25. The number of nitrogens with one attached hydrogen (secondary N) is 1. The topological polar surface area (TPSA) is 87.5 Å². The Labute approximate surface area is 182 Å². The molecule has 0 saturated carbocycles. The van der Waals surface area contributed by atoms with Crippen molar-refractivity contribution in [3.63, 3.8) is 0 Å². The standard InChI is InChI=1S/C24H26N4O3/c1-3-26-21-14-19(27-20-7-6-18(15-25)23(20)21)12-16-4-5-17(13-22(16)30-2)24(29)28-8-10-31-11-9-28/h4-6,13-14H,3,7-12H2,1-2H3,(H,26,27). The van der Waals surface area contributed by atoms with Gasteiger partial charge >= 0.3 is 0 Å². The van der Waals surface area contributed by atoms with Crippen molar-refractivity contribution in [1.29, 1.82) is 5.26 Å². The third-order valence-electron chi connectivity index (χ3n) is 5.61. The number of fused-ring (bicyclic) bond motifs is 1. The molecule has 1 aromatic carbocycles. The molecule has 7 nitrogen and oxygen atoms in total. The monoisotopic (exact) mass is 418 g/mol. The van der Waals surface area contributed by atoms with E-state index in [1.165, 1.54) is 0 Å². The lowest BCUT2D eigenvalue weighted by Gasteiger charge is -2.27. The number of nitrogens with zero attached hydrogens (tertiary/aromatic N) is 3. The lowest BCUT2D eigenvalue weighted by molar-refractivity contribution is 0.0302. The SMILES string of the molecule is CCNc1cc(Cc2ccc(C(=O)N3CCOCC3)cc2OC)nc2c1C(C#N)=CC2. The van der Waals surface area contributed by atoms with E-state index in [1.54, 1.807) is 13.2 Å². The predicted molar refractivity (Wildman–Crippen MR) is 118 cm³/mol. The van der Waals surface area contributed by atoms with Crippen LogP contribution < -0.4 is 10.1 Å². The van der Waals surface area contributed by atoms with Crippen LogP contribution in [0.15, 0.2) is 30.3 Å². The number of amides is 1. The van der Waals surface area contributed by atoms with Gasteiger partial charge in [0.05, 0.1) is 37.7 Å². The molecule has 2 aliphatic rings. The first-order valence-corrected chi connectivity index (χ1v) is 10.6. The van der Waals surface area contributed by atoms with Gasteiger partial charge in [0.2, 0.25) is 0 Å². The average molecular weight is 418 g/mol. The molecule has 1 aromatic heterocycles. The maximum Gasteiger partial charge on any atom is 0.254 e. The van der Waals surface area contributed by atoms with Gasteiger partial charge < -0.3 is 19.7 Å². The molecule has 0 bridgehead atoms. The van der Waals surface area contributed by atoms with Gasteiger partial charge in [-0.05, 0) is 25.1 Å². The fourth-order valence-corrected chi connectivity index (χ4v) is 4.09. The second-order valence-electron chi connectivity index (χ2n) is 7.55. The van der Waals surface area contributed by atoms with Crippen molar-refractivity contribution in [3.05, 3.63) is 58.4 Å². The highest BCUT2D eigenvalue weighted by Gasteiger charge is 2.22. The highest BCUT2D eigenvalue weighted by atomic mass is 16.5. The van der Waals surface area contributed by atoms with Crippen molar-refractivity contribution in [3.8, 4) is 11.8 Å². The van der Waals surface area contributed by atoms with Gasteiger partial charge in [-0.1, -0.05) is 12.1 Å². The third-order valence-corrected chi connectivity index (χ3v) is 5.61. The van der Waals surface area contributed by atoms with Gasteiger partial charge in [0, 0.05) is 60.5 Å². The molecule has 1 aliphatic carbocycles. The van der Waals surface area contributed by atoms with E-state index in [-0.39, 0.29) is 5.91 Å². The molecule has 7 heteroatoms. The number of hydrogen-bond acceptors (Lipinski definition) is 6. The van der Waals surface area contributed by atoms with Gasteiger partial charge in [0.1, 0.15) is 5.75 Å². The van der Waals surface area contributed by atoms with Gasteiger partial charge in [-0.2, -0.15) is 5.26 Å². The molecule has 1 amide bonds. The zero-order valence-corrected chi connectivity index (χ0v) is 17.9. The first-order valence-electron chi connectivity index (χ1n) is 10.6. The molecule has 0 unspecified atom stereocenters. The van der Waals surface area contributed by atoms with Gasteiger partial charge in [0.15, 0.2) is 0 Å². The number of carbonyl (C=O) groups is 1. The predicted octanol–water partition coefficient (Wildman–Crippen LogP) is 3.05. The summed E-state index contributed by atoms with van der Waals surface area (Å²) < 4.78 is 10.9. The molecule has 160 valence electrons. The minimum atomic E-state index is -0.00616. The van der Waals surface area contributed by atoms with Gasteiger partial charge in [-0.3, -0.25) is 9.78 Å². The Hall–Kier alpha value is -3.37. The largest absolute Gasteiger partial charge is 0.496 e. The highest BCUT2D eigenvalue weighted by molar-refractivity contribution is 5.95. The Kier molecular flexibility index (Phi) is 6.19. The first kappa shape index (κ1) is 20.9. The molecule has 2 heterocycles. The van der Waals surface area contributed by atoms with Crippen molar-refractivity contribution >= 4 is 17.2 Å². The number of benzene rings is 1. The van der Waals surface area contributed by atoms with Crippen LogP contribution in [0.1, 0.15) is 39.8 Å². The molecule has 1 saturated heterocycles. The Balaban J connectivity index is 1.60. The van der Waals surface area contributed by atoms with Crippen LogP contribution in [0.4, 0.5) is 5.69 Å². The Morgan fingerprint density at radius 1 is 1.32 bits per heavy atom. The van der Waals surface area contributed by atoms with E-state index in [2.05, 4.69) is 11.4 Å². The van der Waals surface area contributed by atoms with Crippen LogP contribution in [0.25, 0.3) is 5.57 Å². The van der Waals surface area contributed by atoms with Gasteiger partial charge in [0.25, 0.3) is 5.91 Å². The van der Waals surface area contributed by atoms with E-state index in [1.807, 2.05) is 36.1 Å². The number of anilines is 1. The number of nitriles is 1. The second kappa shape index (κ2) is 9.19. The van der Waals surface area contributed by atoms with Crippen LogP contribution in [0.2, 0.25) is 0 Å². The molecule has 2 aromatic rings. The molecule has 4 rings (SSSR count). The van der Waals surface area contributed by atoms with E-state index in [9.17, 15) is 10.1 Å². The smallest absolute Gasteiger partial charge is 0.254 e. The molecule has 1 aliphatic heterocycles. The minimum absolute atomic E-state index is 0.00616. The number of ether oxygens (including phenoxy) is 2. The lowest BCUT2D eigenvalue weighted by Crippen LogP contribution is -2.40. The summed E-state index contributed by atoms with van der Waals surface area (Å²) in [7, 11) is 1.62. The maximum absolute atomic E-state index is 12.8. The molecule has 1 N–H and O–H groups in total. The molecule has 31 heavy (non-hydrogen) atoms. The fraction of sp³-hybridized carbons (Fsp3) is 0.375. The van der Waals surface area contributed by atoms with Gasteiger partial charge in [-0.15, -0.1) is 0 Å². The number of methoxy groups -OCH3 is 1. The average Bonchev–Trinajstić information content (AvgIpc) is 3.23. The van der Waals surface area contributed by atoms with Crippen molar-refractivity contribution in [2.45, 2.75) is 19.8 Å². The van der Waals surface area contributed by atoms with Crippen molar-refractivity contribution in [2.24, 2.45) is 0 Å². The van der Waals surface area contributed by atoms with Crippen molar-refractivity contribution in [2.75, 3.05) is 45.3 Å². The molecule has 1 fully saturated rings. The van der Waals surface area contributed by atoms with E-state index >= 15 is 0 Å². The summed E-state index contributed by atoms with van der Waals surface area (Å²) in [4.78, 5) is 19.4. The quantitative estimate of drug-likeness (QED) is 0.776. The van der Waals surface area contributed by atoms with Crippen LogP contribution in [-0.4, -0.2) is 55.7 Å². The van der Waals surface area contributed by atoms with Crippen LogP contribution >= 0.6 is 0 Å². The normalized spacial score (nSPS) is 15.1. The number of hydrogen-bond donors (Lipinski definition) is 1. The zero-order chi connectivity index (χ0) is 21.8. The van der Waals surface area contributed by atoms with Crippen molar-refractivity contribution in [1.82, 2.24) is 9.88 Å². The second-order valence-corrected chi connectivity index (χ2v) is 7.55. The summed E-state index contributed by atoms with van der Waals surface area (Å²) in [5.74, 6) is 0.663. The Morgan fingerprint density at radius 3 is 2.84 bits per heavy atom. The van der Waals surface area contributed by atoms with Crippen LogP contribution in [0, 0.1) is 11.3 Å². The minimum Gasteiger partial charge on any atom is -0.496 e. The van der Waals surface area contributed by atoms with E-state index in [4.69, 9.17) is 14.5 Å². The van der Waals surface area contributed by atoms with Crippen LogP contribution in [0.3, 0.4) is 0 Å². The number of rotatable bonds is 6. The van der Waals surface area contributed by atoms with Crippen molar-refractivity contribution < 1.29 is 14.3 Å². The molecule has 0 radical (unpaired) electrons. The lowest BCUT2D eigenvalue weighted by atomic mass is 10.0. The van der Waals surface area contributed by atoms with E-state index in [0.717, 1.165) is 34.7 Å². The highest BCUT2D eigenvalue weighted by Crippen LogP contribution is 2.34. The van der Waals surface area contributed by atoms with Crippen LogP contribution in [-0.2, 0) is 17.6 Å². The number of allylic oxidation sites excluding steroid dienone is 2. The summed E-state index contributed by atoms with van der Waals surface area (Å²) in [5.41, 5.74) is 5.91. The molecule has 0 spiro atoms. The number of morpholine rings is 1. The van der Waals surface area contributed by atoms with Crippen LogP contribution in [0.5, 0.6) is 5.75 Å². The summed E-state index contributed by atoms with van der Waals surface area (Å²) in [6.45, 7) is 5.14. The maximum atomic E-state index is 12.8. The fourth-order valence-electron chi connectivity index (χ4n) is 4.09. The zero-order valence-electron chi connectivity index (χ0n) is 17.9. The molecular formula is C24H26N4O3. The summed E-state index contributed by atoms with van der Waals surface area (Å²) in [6.07, 6.45) is 3.16. The van der Waals surface area contributed by atoms with E-state index in [0.29, 0.717) is 56.0 Å². The summed E-state index contributed by atoms with van der Waals surface area (Å²) >= 11 is 0. The molecular weight excluding hydrogens is 392 g/mol. The summed E-state index contributed by atoms with van der Waals surface area (Å²) in [6, 6.07) is 9.87. The molecule has 0 atom stereocenters. The Morgan fingerprint density at radius 2 is 2.13 bits per heavy atom.